The van der Waals surface area contributed by atoms with E-state index in [1.54, 1.807) is 0 Å². The van der Waals surface area contributed by atoms with Gasteiger partial charge >= 0.3 is 0 Å². The first-order valence-electron chi connectivity index (χ1n) is 10.9. The Labute approximate surface area is 176 Å². The fourth-order valence-corrected chi connectivity index (χ4v) is 4.47. The molecule has 1 aromatic carbocycles. The lowest BCUT2D eigenvalue weighted by Gasteiger charge is -2.34. The standard InChI is InChI=1S/C25H27N3O2/c1-2-3-6-15-28(21-12-16-29-23-10-7-13-27-24(21)23)17-20-25-19(11-14-26-20)18-8-4-5-9-22(18)30-25/h4-5,7-11,13-14,21H,2-3,6,12,15-17H2,1H3. The molecule has 0 N–H and O–H groups in total. The number of rotatable bonds is 7. The van der Waals surface area contributed by atoms with Gasteiger partial charge in [0.25, 0.3) is 0 Å². The molecule has 0 saturated heterocycles. The van der Waals surface area contributed by atoms with Gasteiger partial charge in [-0.1, -0.05) is 38.0 Å². The summed E-state index contributed by atoms with van der Waals surface area (Å²) in [4.78, 5) is 11.9. The first-order chi connectivity index (χ1) is 14.8. The molecule has 5 rings (SSSR count). The zero-order chi connectivity index (χ0) is 20.3. The number of para-hydroxylation sites is 1. The quantitative estimate of drug-likeness (QED) is 0.361. The highest BCUT2D eigenvalue weighted by Gasteiger charge is 2.29. The Bertz CT molecular complexity index is 1150. The van der Waals surface area contributed by atoms with Crippen LogP contribution in [-0.4, -0.2) is 28.0 Å². The Morgan fingerprint density at radius 3 is 2.87 bits per heavy atom. The average Bonchev–Trinajstić information content (AvgIpc) is 3.18. The van der Waals surface area contributed by atoms with Gasteiger partial charge < -0.3 is 9.15 Å². The molecule has 30 heavy (non-hydrogen) atoms. The van der Waals surface area contributed by atoms with Gasteiger partial charge in [0.2, 0.25) is 0 Å². The number of ether oxygens (including phenoxy) is 1. The molecule has 0 bridgehead atoms. The van der Waals surface area contributed by atoms with Crippen LogP contribution in [0.1, 0.15) is 50.0 Å². The van der Waals surface area contributed by atoms with Gasteiger partial charge in [-0.25, -0.2) is 0 Å². The summed E-state index contributed by atoms with van der Waals surface area (Å²) in [6.45, 7) is 4.70. The number of hydrogen-bond acceptors (Lipinski definition) is 5. The molecule has 0 amide bonds. The highest BCUT2D eigenvalue weighted by molar-refractivity contribution is 6.05. The van der Waals surface area contributed by atoms with Gasteiger partial charge in [-0.3, -0.25) is 14.9 Å². The fraction of sp³-hybridized carbons (Fsp3) is 0.360. The molecule has 0 saturated carbocycles. The molecule has 0 aliphatic carbocycles. The zero-order valence-electron chi connectivity index (χ0n) is 17.4. The molecule has 5 heteroatoms. The maximum atomic E-state index is 6.24. The molecular weight excluding hydrogens is 374 g/mol. The van der Waals surface area contributed by atoms with Gasteiger partial charge in [0.15, 0.2) is 5.58 Å². The summed E-state index contributed by atoms with van der Waals surface area (Å²) in [7, 11) is 0. The molecule has 1 aliphatic heterocycles. The van der Waals surface area contributed by atoms with E-state index in [-0.39, 0.29) is 6.04 Å². The lowest BCUT2D eigenvalue weighted by molar-refractivity contribution is 0.125. The Hall–Kier alpha value is -2.92. The molecule has 4 aromatic rings. The minimum absolute atomic E-state index is 0.230. The topological polar surface area (TPSA) is 51.4 Å². The first-order valence-corrected chi connectivity index (χ1v) is 10.9. The minimum atomic E-state index is 0.230. The summed E-state index contributed by atoms with van der Waals surface area (Å²) in [6, 6.07) is 14.5. The van der Waals surface area contributed by atoms with Gasteiger partial charge in [-0.05, 0) is 37.2 Å². The summed E-state index contributed by atoms with van der Waals surface area (Å²) in [5.74, 6) is 0.907. The molecule has 1 unspecified atom stereocenters. The Morgan fingerprint density at radius 2 is 1.93 bits per heavy atom. The molecular formula is C25H27N3O2. The van der Waals surface area contributed by atoms with Crippen LogP contribution in [0.5, 0.6) is 5.75 Å². The van der Waals surface area contributed by atoms with Crippen molar-refractivity contribution in [3.05, 3.63) is 66.2 Å². The van der Waals surface area contributed by atoms with Crippen LogP contribution < -0.4 is 4.74 Å². The molecule has 0 spiro atoms. The maximum absolute atomic E-state index is 6.24. The fourth-order valence-electron chi connectivity index (χ4n) is 4.47. The number of unbranched alkanes of at least 4 members (excludes halogenated alkanes) is 2. The van der Waals surface area contributed by atoms with Gasteiger partial charge in [0.05, 0.1) is 24.0 Å². The number of benzene rings is 1. The molecule has 4 heterocycles. The normalized spacial score (nSPS) is 16.1. The number of pyridine rings is 2. The van der Waals surface area contributed by atoms with Gasteiger partial charge in [0, 0.05) is 36.1 Å². The van der Waals surface area contributed by atoms with Crippen LogP contribution in [0.4, 0.5) is 0 Å². The lowest BCUT2D eigenvalue weighted by Crippen LogP contribution is -2.34. The third kappa shape index (κ3) is 3.54. The van der Waals surface area contributed by atoms with Crippen molar-refractivity contribution in [2.24, 2.45) is 0 Å². The van der Waals surface area contributed by atoms with Crippen molar-refractivity contribution in [2.45, 2.75) is 45.2 Å². The third-order valence-electron chi connectivity index (χ3n) is 5.97. The Morgan fingerprint density at radius 1 is 1.00 bits per heavy atom. The number of fused-ring (bicyclic) bond motifs is 4. The number of aromatic nitrogens is 2. The van der Waals surface area contributed by atoms with Crippen molar-refractivity contribution in [3.8, 4) is 5.75 Å². The first kappa shape index (κ1) is 19.1. The van der Waals surface area contributed by atoms with Crippen molar-refractivity contribution in [2.75, 3.05) is 13.2 Å². The lowest BCUT2D eigenvalue weighted by atomic mass is 10.0. The number of nitrogens with zero attached hydrogens (tertiary/aromatic N) is 3. The Balaban J connectivity index is 1.52. The van der Waals surface area contributed by atoms with E-state index in [9.17, 15) is 0 Å². The second-order valence-electron chi connectivity index (χ2n) is 7.95. The van der Waals surface area contributed by atoms with Crippen molar-refractivity contribution in [3.63, 3.8) is 0 Å². The third-order valence-corrected chi connectivity index (χ3v) is 5.97. The molecule has 0 radical (unpaired) electrons. The van der Waals surface area contributed by atoms with Crippen LogP contribution in [-0.2, 0) is 6.54 Å². The average molecular weight is 402 g/mol. The van der Waals surface area contributed by atoms with E-state index >= 15 is 0 Å². The van der Waals surface area contributed by atoms with E-state index in [0.717, 1.165) is 71.6 Å². The van der Waals surface area contributed by atoms with E-state index in [0.29, 0.717) is 0 Å². The van der Waals surface area contributed by atoms with Crippen LogP contribution in [0, 0.1) is 0 Å². The maximum Gasteiger partial charge on any atom is 0.158 e. The SMILES string of the molecule is CCCCCN(Cc1nccc2c1oc1ccccc12)C1CCOc2cccnc21. The molecule has 3 aromatic heterocycles. The summed E-state index contributed by atoms with van der Waals surface area (Å²) >= 11 is 0. The molecule has 154 valence electrons. The van der Waals surface area contributed by atoms with Crippen molar-refractivity contribution >= 4 is 21.9 Å². The van der Waals surface area contributed by atoms with Crippen LogP contribution in [0.2, 0.25) is 0 Å². The van der Waals surface area contributed by atoms with E-state index in [1.165, 1.54) is 12.8 Å². The number of hydrogen-bond donors (Lipinski definition) is 0. The zero-order valence-corrected chi connectivity index (χ0v) is 17.4. The minimum Gasteiger partial charge on any atom is -0.492 e. The monoisotopic (exact) mass is 401 g/mol. The second-order valence-corrected chi connectivity index (χ2v) is 7.95. The van der Waals surface area contributed by atoms with E-state index < -0.39 is 0 Å². The van der Waals surface area contributed by atoms with Gasteiger partial charge in [0.1, 0.15) is 11.3 Å². The van der Waals surface area contributed by atoms with Crippen LogP contribution in [0.15, 0.2) is 59.3 Å². The number of furan rings is 1. The molecule has 5 nitrogen and oxygen atoms in total. The van der Waals surface area contributed by atoms with Crippen LogP contribution >= 0.6 is 0 Å². The smallest absolute Gasteiger partial charge is 0.158 e. The summed E-state index contributed by atoms with van der Waals surface area (Å²) < 4.78 is 12.1. The summed E-state index contributed by atoms with van der Waals surface area (Å²) in [5.41, 5.74) is 3.84. The molecule has 1 aliphatic rings. The van der Waals surface area contributed by atoms with Crippen LogP contribution in [0.25, 0.3) is 21.9 Å². The summed E-state index contributed by atoms with van der Waals surface area (Å²) in [5, 5.41) is 2.28. The molecule has 0 fully saturated rings. The second kappa shape index (κ2) is 8.44. The molecule has 1 atom stereocenters. The predicted molar refractivity (Wildman–Crippen MR) is 119 cm³/mol. The van der Waals surface area contributed by atoms with E-state index in [4.69, 9.17) is 14.1 Å². The Kier molecular flexibility index (Phi) is 5.37. The highest BCUT2D eigenvalue weighted by atomic mass is 16.5. The largest absolute Gasteiger partial charge is 0.492 e. The van der Waals surface area contributed by atoms with Gasteiger partial charge in [-0.15, -0.1) is 0 Å². The van der Waals surface area contributed by atoms with E-state index in [2.05, 4.69) is 35.0 Å². The van der Waals surface area contributed by atoms with Crippen molar-refractivity contribution < 1.29 is 9.15 Å². The van der Waals surface area contributed by atoms with Gasteiger partial charge in [-0.2, -0.15) is 0 Å². The predicted octanol–water partition coefficient (Wildman–Crippen LogP) is 5.89. The van der Waals surface area contributed by atoms with Crippen molar-refractivity contribution in [1.29, 1.82) is 0 Å². The van der Waals surface area contributed by atoms with Crippen molar-refractivity contribution in [1.82, 2.24) is 14.9 Å². The summed E-state index contributed by atoms with van der Waals surface area (Å²) in [6.07, 6.45) is 8.28. The highest BCUT2D eigenvalue weighted by Crippen LogP contribution is 2.36. The van der Waals surface area contributed by atoms with E-state index in [1.807, 2.05) is 36.7 Å². The van der Waals surface area contributed by atoms with Crippen LogP contribution in [0.3, 0.4) is 0 Å².